The average molecular weight is 327 g/mol. The van der Waals surface area contributed by atoms with Crippen molar-refractivity contribution in [3.63, 3.8) is 0 Å². The van der Waals surface area contributed by atoms with Crippen LogP contribution in [-0.4, -0.2) is 67.8 Å². The molecule has 0 aromatic heterocycles. The second-order valence-electron chi connectivity index (χ2n) is 6.18. The van der Waals surface area contributed by atoms with E-state index in [2.05, 4.69) is 0 Å². The minimum atomic E-state index is -4.48. The minimum Gasteiger partial charge on any atom is -0.756 e. The van der Waals surface area contributed by atoms with Crippen LogP contribution in [-0.2, 0) is 13.6 Å². The highest BCUT2D eigenvalue weighted by atomic mass is 31.2. The van der Waals surface area contributed by atoms with Crippen molar-refractivity contribution < 1.29 is 33.2 Å². The lowest BCUT2D eigenvalue weighted by molar-refractivity contribution is -0.870. The highest BCUT2D eigenvalue weighted by molar-refractivity contribution is 7.45. The predicted octanol–water partition coefficient (Wildman–Crippen LogP) is 0.496. The number of aliphatic hydroxyl groups is 2. The molecule has 0 aromatic rings. The molecular formula is C13H30NO6P. The van der Waals surface area contributed by atoms with Crippen molar-refractivity contribution in [3.05, 3.63) is 0 Å². The van der Waals surface area contributed by atoms with Gasteiger partial charge in [-0.2, -0.15) is 0 Å². The lowest BCUT2D eigenvalue weighted by atomic mass is 10.1. The number of phosphoric acid groups is 1. The molecule has 0 spiro atoms. The van der Waals surface area contributed by atoms with Gasteiger partial charge in [0.1, 0.15) is 19.3 Å². The van der Waals surface area contributed by atoms with Crippen molar-refractivity contribution in [2.45, 2.75) is 44.8 Å². The Kier molecular flexibility index (Phi) is 9.89. The van der Waals surface area contributed by atoms with E-state index in [4.69, 9.17) is 14.2 Å². The molecule has 0 fully saturated rings. The van der Waals surface area contributed by atoms with Gasteiger partial charge in [-0.25, -0.2) is 0 Å². The normalized spacial score (nSPS) is 18.2. The summed E-state index contributed by atoms with van der Waals surface area (Å²) in [6.45, 7) is 2.00. The fourth-order valence-electron chi connectivity index (χ4n) is 1.65. The van der Waals surface area contributed by atoms with Gasteiger partial charge in [-0.3, -0.25) is 4.57 Å². The van der Waals surface area contributed by atoms with E-state index >= 15 is 0 Å². The van der Waals surface area contributed by atoms with E-state index in [1.54, 1.807) is 0 Å². The average Bonchev–Trinajstić information content (AvgIpc) is 2.34. The summed E-state index contributed by atoms with van der Waals surface area (Å²) in [7, 11) is 1.28. The van der Waals surface area contributed by atoms with E-state index in [0.717, 1.165) is 19.3 Å². The maximum absolute atomic E-state index is 11.8. The number of hydrogen-bond acceptors (Lipinski definition) is 6. The first kappa shape index (κ1) is 21.0. The first-order chi connectivity index (χ1) is 9.61. The van der Waals surface area contributed by atoms with Gasteiger partial charge in [0.2, 0.25) is 0 Å². The van der Waals surface area contributed by atoms with Gasteiger partial charge in [0.15, 0.2) is 0 Å². The number of rotatable bonds is 12. The van der Waals surface area contributed by atoms with Gasteiger partial charge in [-0.1, -0.05) is 26.2 Å². The minimum absolute atomic E-state index is 0.0151. The summed E-state index contributed by atoms with van der Waals surface area (Å²) >= 11 is 0. The molecule has 0 rings (SSSR count). The number of likely N-dealkylation sites (N-methyl/N-ethyl adjacent to an activating group) is 1. The standard InChI is InChI=1S/C13H30NO6P/c1-5-6-7-8-13(12(16)11-15)20-21(17,18)19-10-9-14(2,3)4/h12-13,15-16H,5-11H2,1-4H3/t12-,13?/m0/s1. The number of phosphoric ester groups is 1. The van der Waals surface area contributed by atoms with Gasteiger partial charge < -0.3 is 28.6 Å². The Morgan fingerprint density at radius 2 is 1.90 bits per heavy atom. The number of unbranched alkanes of at least 4 members (excludes halogenated alkanes) is 2. The Labute approximate surface area is 127 Å². The molecule has 0 aliphatic rings. The maximum atomic E-state index is 11.8. The van der Waals surface area contributed by atoms with Crippen LogP contribution in [0, 0.1) is 0 Å². The highest BCUT2D eigenvalue weighted by Crippen LogP contribution is 2.41. The van der Waals surface area contributed by atoms with E-state index in [1.165, 1.54) is 0 Å². The van der Waals surface area contributed by atoms with E-state index in [-0.39, 0.29) is 6.61 Å². The van der Waals surface area contributed by atoms with Gasteiger partial charge in [-0.15, -0.1) is 0 Å². The van der Waals surface area contributed by atoms with Gasteiger partial charge in [0.05, 0.1) is 33.9 Å². The molecule has 21 heavy (non-hydrogen) atoms. The lowest BCUT2D eigenvalue weighted by Crippen LogP contribution is -2.38. The summed E-state index contributed by atoms with van der Waals surface area (Å²) < 4.78 is 22.1. The Balaban J connectivity index is 4.40. The van der Waals surface area contributed by atoms with Crippen molar-refractivity contribution in [3.8, 4) is 0 Å². The number of hydrogen-bond donors (Lipinski definition) is 2. The Hall–Kier alpha value is -0.0100. The fourth-order valence-corrected chi connectivity index (χ4v) is 2.59. The summed E-state index contributed by atoms with van der Waals surface area (Å²) in [5.74, 6) is 0. The van der Waals surface area contributed by atoms with Crippen LogP contribution in [0.2, 0.25) is 0 Å². The molecule has 0 aliphatic carbocycles. The van der Waals surface area contributed by atoms with Crippen molar-refractivity contribution >= 4 is 7.82 Å². The number of nitrogens with zero attached hydrogens (tertiary/aromatic N) is 1. The Morgan fingerprint density at radius 1 is 1.29 bits per heavy atom. The van der Waals surface area contributed by atoms with Gasteiger partial charge in [-0.05, 0) is 6.42 Å². The molecule has 0 bridgehead atoms. The van der Waals surface area contributed by atoms with Crippen LogP contribution < -0.4 is 4.89 Å². The molecule has 8 heteroatoms. The molecule has 0 aromatic carbocycles. The van der Waals surface area contributed by atoms with Gasteiger partial charge >= 0.3 is 0 Å². The first-order valence-electron chi connectivity index (χ1n) is 7.34. The van der Waals surface area contributed by atoms with Gasteiger partial charge in [0.25, 0.3) is 7.82 Å². The van der Waals surface area contributed by atoms with Crippen LogP contribution in [0.25, 0.3) is 0 Å². The quantitative estimate of drug-likeness (QED) is 0.308. The molecule has 128 valence electrons. The molecule has 0 saturated heterocycles. The third-order valence-corrected chi connectivity index (χ3v) is 4.01. The van der Waals surface area contributed by atoms with E-state index < -0.39 is 26.6 Å². The van der Waals surface area contributed by atoms with Crippen LogP contribution in [0.3, 0.4) is 0 Å². The van der Waals surface area contributed by atoms with Gasteiger partial charge in [0, 0.05) is 0 Å². The fraction of sp³-hybridized carbons (Fsp3) is 1.00. The van der Waals surface area contributed by atoms with E-state index in [1.807, 2.05) is 28.1 Å². The topological polar surface area (TPSA) is 99.1 Å². The zero-order valence-corrected chi connectivity index (χ0v) is 14.4. The second-order valence-corrected chi connectivity index (χ2v) is 7.55. The molecule has 0 heterocycles. The van der Waals surface area contributed by atoms with Crippen molar-refractivity contribution in [2.24, 2.45) is 0 Å². The second kappa shape index (κ2) is 9.90. The van der Waals surface area contributed by atoms with Crippen LogP contribution in [0.4, 0.5) is 0 Å². The molecule has 7 nitrogen and oxygen atoms in total. The molecule has 0 aliphatic heterocycles. The number of aliphatic hydroxyl groups excluding tert-OH is 2. The van der Waals surface area contributed by atoms with E-state index in [9.17, 15) is 14.6 Å². The van der Waals surface area contributed by atoms with Crippen molar-refractivity contribution in [1.29, 1.82) is 0 Å². The maximum Gasteiger partial charge on any atom is 0.268 e. The third-order valence-electron chi connectivity index (χ3n) is 2.98. The summed E-state index contributed by atoms with van der Waals surface area (Å²) in [5, 5.41) is 18.6. The molecule has 2 N–H and O–H groups in total. The summed E-state index contributed by atoms with van der Waals surface area (Å²) in [6.07, 6.45) is 0.762. The Morgan fingerprint density at radius 3 is 2.38 bits per heavy atom. The van der Waals surface area contributed by atoms with Crippen molar-refractivity contribution in [1.82, 2.24) is 0 Å². The molecule has 0 radical (unpaired) electrons. The Bertz CT molecular complexity index is 320. The predicted molar refractivity (Wildman–Crippen MR) is 78.6 cm³/mol. The molecule has 0 amide bonds. The van der Waals surface area contributed by atoms with Crippen LogP contribution >= 0.6 is 7.82 Å². The zero-order chi connectivity index (χ0) is 16.5. The smallest absolute Gasteiger partial charge is 0.268 e. The molecule has 0 saturated carbocycles. The third kappa shape index (κ3) is 11.2. The summed E-state index contributed by atoms with van der Waals surface area (Å²) in [4.78, 5) is 11.8. The number of quaternary nitrogens is 1. The molecule has 2 unspecified atom stereocenters. The largest absolute Gasteiger partial charge is 0.756 e. The first-order valence-corrected chi connectivity index (χ1v) is 8.80. The van der Waals surface area contributed by atoms with Crippen LogP contribution in [0.1, 0.15) is 32.6 Å². The van der Waals surface area contributed by atoms with Crippen molar-refractivity contribution in [2.75, 3.05) is 40.9 Å². The van der Waals surface area contributed by atoms with Crippen LogP contribution in [0.15, 0.2) is 0 Å². The highest BCUT2D eigenvalue weighted by Gasteiger charge is 2.25. The van der Waals surface area contributed by atoms with Crippen LogP contribution in [0.5, 0.6) is 0 Å². The lowest BCUT2D eigenvalue weighted by Gasteiger charge is -2.31. The SMILES string of the molecule is CCCCCC(OP(=O)([O-])OCC[N+](C)(C)C)[C@@H](O)CO. The molecule has 3 atom stereocenters. The zero-order valence-electron chi connectivity index (χ0n) is 13.5. The summed E-state index contributed by atoms with van der Waals surface area (Å²) in [5.41, 5.74) is 0. The molecular weight excluding hydrogens is 297 g/mol. The summed E-state index contributed by atoms with van der Waals surface area (Å²) in [6, 6.07) is 0. The van der Waals surface area contributed by atoms with E-state index in [0.29, 0.717) is 17.4 Å². The monoisotopic (exact) mass is 327 g/mol.